The third-order valence-corrected chi connectivity index (χ3v) is 7.43. The quantitative estimate of drug-likeness (QED) is 0.206. The number of carboxylic acid groups (broad SMARTS) is 1. The lowest BCUT2D eigenvalue weighted by Gasteiger charge is -2.34. The Morgan fingerprint density at radius 3 is 2.21 bits per heavy atom. The van der Waals surface area contributed by atoms with Gasteiger partial charge >= 0.3 is 12.1 Å². The molecular formula is C30H48N6O7. The zero-order valence-electron chi connectivity index (χ0n) is 26.3. The molecule has 43 heavy (non-hydrogen) atoms. The van der Waals surface area contributed by atoms with Crippen LogP contribution in [0.2, 0.25) is 0 Å². The summed E-state index contributed by atoms with van der Waals surface area (Å²) in [5.74, 6) is -3.09. The number of anilines is 2. The summed E-state index contributed by atoms with van der Waals surface area (Å²) in [7, 11) is 0. The van der Waals surface area contributed by atoms with Gasteiger partial charge in [0.2, 0.25) is 17.7 Å². The largest absolute Gasteiger partial charge is 0.478 e. The first-order chi connectivity index (χ1) is 19.9. The van der Waals surface area contributed by atoms with Crippen molar-refractivity contribution in [3.8, 4) is 0 Å². The van der Waals surface area contributed by atoms with Gasteiger partial charge in [0.05, 0.1) is 17.6 Å². The van der Waals surface area contributed by atoms with Crippen molar-refractivity contribution in [2.45, 2.75) is 117 Å². The number of ether oxygens (including phenoxy) is 1. The van der Waals surface area contributed by atoms with Gasteiger partial charge in [-0.25, -0.2) is 9.59 Å². The number of carboxylic acids is 1. The average Bonchev–Trinajstić information content (AvgIpc) is 2.89. The maximum Gasteiger partial charge on any atom is 0.408 e. The highest BCUT2D eigenvalue weighted by atomic mass is 16.6. The number of aromatic carboxylic acids is 1. The SMILES string of the molecule is CC[C@H](C)[C@H](NC(=O)[C@@H](NC(=O)OC(C)(C)C)C1CCCCC1)C(=O)NC(C)(C)CC(=O)Nc1cncc(C(=O)O)c1N. The van der Waals surface area contributed by atoms with E-state index in [1.165, 1.54) is 6.20 Å². The molecule has 0 aliphatic heterocycles. The van der Waals surface area contributed by atoms with Crippen molar-refractivity contribution < 1.29 is 33.8 Å². The highest BCUT2D eigenvalue weighted by molar-refractivity contribution is 6.01. The Balaban J connectivity index is 2.16. The predicted molar refractivity (Wildman–Crippen MR) is 162 cm³/mol. The summed E-state index contributed by atoms with van der Waals surface area (Å²) in [6.07, 6.45) is 6.52. The molecule has 3 atom stereocenters. The van der Waals surface area contributed by atoms with E-state index in [1.54, 1.807) is 34.6 Å². The van der Waals surface area contributed by atoms with Gasteiger partial charge in [-0.15, -0.1) is 0 Å². The number of aromatic nitrogens is 1. The number of hydrogen-bond acceptors (Lipinski definition) is 8. The highest BCUT2D eigenvalue weighted by Gasteiger charge is 2.37. The molecule has 13 nitrogen and oxygen atoms in total. The van der Waals surface area contributed by atoms with E-state index in [0.29, 0.717) is 6.42 Å². The summed E-state index contributed by atoms with van der Waals surface area (Å²) >= 11 is 0. The fourth-order valence-corrected chi connectivity index (χ4v) is 5.04. The van der Waals surface area contributed by atoms with Crippen LogP contribution in [0.15, 0.2) is 12.4 Å². The molecular weight excluding hydrogens is 556 g/mol. The number of nitrogens with zero attached hydrogens (tertiary/aromatic N) is 1. The number of amides is 4. The van der Waals surface area contributed by atoms with Crippen LogP contribution < -0.4 is 27.0 Å². The summed E-state index contributed by atoms with van der Waals surface area (Å²) in [6, 6.07) is -1.80. The monoisotopic (exact) mass is 604 g/mol. The maximum absolute atomic E-state index is 13.6. The van der Waals surface area contributed by atoms with Crippen molar-refractivity contribution in [3.63, 3.8) is 0 Å². The number of hydrogen-bond donors (Lipinski definition) is 6. The van der Waals surface area contributed by atoms with E-state index in [-0.39, 0.29) is 35.2 Å². The van der Waals surface area contributed by atoms with Crippen molar-refractivity contribution in [2.24, 2.45) is 11.8 Å². The fourth-order valence-electron chi connectivity index (χ4n) is 5.04. The Kier molecular flexibility index (Phi) is 12.3. The standard InChI is InChI=1S/C30H48N6O7/c1-8-17(2)23(34-25(38)24(18-12-10-9-11-13-18)35-28(42)43-29(3,4)5)26(39)36-30(6,7)14-21(37)33-20-16-32-15-19(22(20)31)27(40)41/h15-18,23-24H,8-14H2,1-7H3,(H2,31,32)(H,33,37)(H,34,38)(H,35,42)(H,36,39)(H,40,41)/t17-,23-,24-/m0/s1. The molecule has 0 bridgehead atoms. The molecule has 0 radical (unpaired) electrons. The minimum atomic E-state index is -1.28. The first-order valence-corrected chi connectivity index (χ1v) is 14.8. The second-order valence-electron chi connectivity index (χ2n) is 12.9. The molecule has 0 spiro atoms. The lowest BCUT2D eigenvalue weighted by molar-refractivity contribution is -0.133. The van der Waals surface area contributed by atoms with Gasteiger partial charge in [-0.05, 0) is 59.3 Å². The third kappa shape index (κ3) is 11.0. The molecule has 1 aliphatic carbocycles. The summed E-state index contributed by atoms with van der Waals surface area (Å²) in [4.78, 5) is 67.8. The summed E-state index contributed by atoms with van der Waals surface area (Å²) in [5.41, 5.74) is 3.74. The van der Waals surface area contributed by atoms with Crippen LogP contribution in [0.4, 0.5) is 16.2 Å². The van der Waals surface area contributed by atoms with Crippen molar-refractivity contribution in [1.29, 1.82) is 0 Å². The lowest BCUT2D eigenvalue weighted by Crippen LogP contribution is -2.60. The van der Waals surface area contributed by atoms with Gasteiger partial charge in [-0.2, -0.15) is 0 Å². The zero-order valence-corrected chi connectivity index (χ0v) is 26.3. The van der Waals surface area contributed by atoms with Crippen LogP contribution in [0.1, 0.15) is 104 Å². The van der Waals surface area contributed by atoms with Crippen LogP contribution in [-0.2, 0) is 19.1 Å². The number of nitrogens with one attached hydrogen (secondary N) is 4. The molecule has 0 saturated heterocycles. The van der Waals surface area contributed by atoms with Crippen molar-refractivity contribution in [3.05, 3.63) is 18.0 Å². The van der Waals surface area contributed by atoms with Gasteiger partial charge in [0.1, 0.15) is 23.2 Å². The topological polar surface area (TPSA) is 202 Å². The number of nitrogens with two attached hydrogens (primary N) is 1. The van der Waals surface area contributed by atoms with Crippen molar-refractivity contribution in [1.82, 2.24) is 20.9 Å². The summed E-state index contributed by atoms with van der Waals surface area (Å²) in [6.45, 7) is 12.3. The Labute approximate surface area is 253 Å². The van der Waals surface area contributed by atoms with Crippen molar-refractivity contribution in [2.75, 3.05) is 11.1 Å². The molecule has 0 aromatic carbocycles. The minimum absolute atomic E-state index is 0.0445. The smallest absolute Gasteiger partial charge is 0.408 e. The molecule has 1 aromatic rings. The van der Waals surface area contributed by atoms with E-state index in [4.69, 9.17) is 10.5 Å². The Morgan fingerprint density at radius 2 is 1.65 bits per heavy atom. The van der Waals surface area contributed by atoms with Gasteiger partial charge in [0.15, 0.2) is 0 Å². The second kappa shape index (κ2) is 15.0. The van der Waals surface area contributed by atoms with Crippen LogP contribution in [0.3, 0.4) is 0 Å². The predicted octanol–water partition coefficient (Wildman–Crippen LogP) is 3.59. The van der Waals surface area contributed by atoms with Gasteiger partial charge < -0.3 is 36.8 Å². The lowest BCUT2D eigenvalue weighted by atomic mass is 9.83. The first-order valence-electron chi connectivity index (χ1n) is 14.8. The number of carbonyl (C=O) groups excluding carboxylic acids is 4. The van der Waals surface area contributed by atoms with E-state index in [0.717, 1.165) is 38.3 Å². The Morgan fingerprint density at radius 1 is 1.02 bits per heavy atom. The molecule has 7 N–H and O–H groups in total. The van der Waals surface area contributed by atoms with E-state index < -0.39 is 53.0 Å². The number of rotatable bonds is 12. The molecule has 1 saturated carbocycles. The fraction of sp³-hybridized carbons (Fsp3) is 0.667. The van der Waals surface area contributed by atoms with Gasteiger partial charge in [0.25, 0.3) is 0 Å². The van der Waals surface area contributed by atoms with E-state index in [9.17, 15) is 29.1 Å². The van der Waals surface area contributed by atoms with Crippen LogP contribution in [0.25, 0.3) is 0 Å². The van der Waals surface area contributed by atoms with Crippen molar-refractivity contribution >= 4 is 41.2 Å². The number of nitrogen functional groups attached to an aromatic ring is 1. The van der Waals surface area contributed by atoms with Crippen LogP contribution in [0.5, 0.6) is 0 Å². The molecule has 240 valence electrons. The van der Waals surface area contributed by atoms with Crippen LogP contribution in [0, 0.1) is 11.8 Å². The number of alkyl carbamates (subject to hydrolysis) is 1. The van der Waals surface area contributed by atoms with E-state index in [2.05, 4.69) is 26.3 Å². The van der Waals surface area contributed by atoms with E-state index >= 15 is 0 Å². The molecule has 0 unspecified atom stereocenters. The number of pyridine rings is 1. The molecule has 13 heteroatoms. The third-order valence-electron chi connectivity index (χ3n) is 7.43. The van der Waals surface area contributed by atoms with E-state index in [1.807, 2.05) is 13.8 Å². The molecule has 1 aliphatic rings. The highest BCUT2D eigenvalue weighted by Crippen LogP contribution is 2.27. The maximum atomic E-state index is 13.6. The van der Waals surface area contributed by atoms with Gasteiger partial charge in [0, 0.05) is 18.2 Å². The molecule has 1 aromatic heterocycles. The minimum Gasteiger partial charge on any atom is -0.478 e. The zero-order chi connectivity index (χ0) is 32.5. The number of carbonyl (C=O) groups is 5. The molecule has 2 rings (SSSR count). The normalized spacial score (nSPS) is 16.3. The summed E-state index contributed by atoms with van der Waals surface area (Å²) in [5, 5.41) is 20.3. The average molecular weight is 605 g/mol. The second-order valence-corrected chi connectivity index (χ2v) is 12.9. The van der Waals surface area contributed by atoms with Gasteiger partial charge in [-0.3, -0.25) is 19.4 Å². The van der Waals surface area contributed by atoms with Crippen LogP contribution >= 0.6 is 0 Å². The molecule has 1 heterocycles. The first kappa shape index (κ1) is 35.3. The molecule has 4 amide bonds. The summed E-state index contributed by atoms with van der Waals surface area (Å²) < 4.78 is 5.41. The molecule has 1 fully saturated rings. The Hall–Kier alpha value is -3.90. The van der Waals surface area contributed by atoms with Gasteiger partial charge in [-0.1, -0.05) is 39.5 Å². The Bertz CT molecular complexity index is 1170. The van der Waals surface area contributed by atoms with Crippen LogP contribution in [-0.4, -0.2) is 63.1 Å².